The molecule has 0 N–H and O–H groups in total. The normalized spacial score (nSPS) is 34.8. The van der Waals surface area contributed by atoms with Gasteiger partial charge in [0.05, 0.1) is 6.61 Å². The highest BCUT2D eigenvalue weighted by Gasteiger charge is 2.29. The lowest BCUT2D eigenvalue weighted by Crippen LogP contribution is -2.30. The molecule has 1 aliphatic rings. The summed E-state index contributed by atoms with van der Waals surface area (Å²) in [4.78, 5) is 0. The zero-order valence-corrected chi connectivity index (χ0v) is 6.02. The minimum absolute atomic E-state index is 0.119. The molecule has 1 rings (SSSR count). The van der Waals surface area contributed by atoms with E-state index in [0.29, 0.717) is 6.61 Å². The number of ether oxygens (including phenoxy) is 1. The van der Waals surface area contributed by atoms with Crippen molar-refractivity contribution in [3.63, 3.8) is 0 Å². The molecule has 10 heavy (non-hydrogen) atoms. The molecule has 2 unspecified atom stereocenters. The van der Waals surface area contributed by atoms with Gasteiger partial charge in [-0.3, -0.25) is 0 Å². The molecular weight excluding hydrogens is 138 g/mol. The lowest BCUT2D eigenvalue weighted by Gasteiger charge is -2.27. The van der Waals surface area contributed by atoms with Gasteiger partial charge in [-0.15, -0.1) is 0 Å². The Morgan fingerprint density at radius 2 is 2.20 bits per heavy atom. The molecule has 0 aromatic heterocycles. The molecule has 1 aliphatic heterocycles. The first-order chi connectivity index (χ1) is 4.72. The molecule has 0 saturated carbocycles. The third-order valence-electron chi connectivity index (χ3n) is 2.08. The topological polar surface area (TPSA) is 9.23 Å². The molecular formula is C7H12F2O. The monoisotopic (exact) mass is 150 g/mol. The van der Waals surface area contributed by atoms with Crippen molar-refractivity contribution in [2.45, 2.75) is 19.8 Å². The average Bonchev–Trinajstić information content (AvgIpc) is 1.88. The fraction of sp³-hybridized carbons (Fsp3) is 1.00. The summed E-state index contributed by atoms with van der Waals surface area (Å²) in [6, 6.07) is 0. The SMILES string of the molecule is CC1CCOCC1C(F)F. The first-order valence-electron chi connectivity index (χ1n) is 3.57. The van der Waals surface area contributed by atoms with Gasteiger partial charge in [0.1, 0.15) is 0 Å². The average molecular weight is 150 g/mol. The summed E-state index contributed by atoms with van der Waals surface area (Å²) < 4.78 is 29.1. The van der Waals surface area contributed by atoms with Gasteiger partial charge in [-0.1, -0.05) is 6.92 Å². The maximum Gasteiger partial charge on any atom is 0.243 e. The van der Waals surface area contributed by atoms with Crippen LogP contribution in [-0.4, -0.2) is 19.6 Å². The Bertz CT molecular complexity index is 106. The molecule has 0 spiro atoms. The van der Waals surface area contributed by atoms with E-state index in [1.54, 1.807) is 0 Å². The standard InChI is InChI=1S/C7H12F2O/c1-5-2-3-10-4-6(5)7(8)9/h5-7H,2-4H2,1H3. The highest BCUT2D eigenvalue weighted by Crippen LogP contribution is 2.26. The number of rotatable bonds is 1. The van der Waals surface area contributed by atoms with E-state index in [9.17, 15) is 8.78 Å². The van der Waals surface area contributed by atoms with Gasteiger partial charge in [0.25, 0.3) is 0 Å². The van der Waals surface area contributed by atoms with Crippen LogP contribution in [-0.2, 0) is 4.74 Å². The molecule has 1 heterocycles. The molecule has 0 bridgehead atoms. The lowest BCUT2D eigenvalue weighted by atomic mass is 9.91. The third-order valence-corrected chi connectivity index (χ3v) is 2.08. The summed E-state index contributed by atoms with van der Waals surface area (Å²) in [5, 5.41) is 0. The minimum Gasteiger partial charge on any atom is -0.381 e. The summed E-state index contributed by atoms with van der Waals surface area (Å²) in [5.41, 5.74) is 0. The summed E-state index contributed by atoms with van der Waals surface area (Å²) >= 11 is 0. The zero-order chi connectivity index (χ0) is 7.56. The van der Waals surface area contributed by atoms with E-state index in [1.165, 1.54) is 0 Å². The largest absolute Gasteiger partial charge is 0.381 e. The lowest BCUT2D eigenvalue weighted by molar-refractivity contribution is -0.0533. The molecule has 3 heteroatoms. The fourth-order valence-corrected chi connectivity index (χ4v) is 1.19. The fourth-order valence-electron chi connectivity index (χ4n) is 1.19. The number of hydrogen-bond acceptors (Lipinski definition) is 1. The van der Waals surface area contributed by atoms with Crippen molar-refractivity contribution in [3.8, 4) is 0 Å². The number of hydrogen-bond donors (Lipinski definition) is 0. The van der Waals surface area contributed by atoms with Crippen LogP contribution in [0, 0.1) is 11.8 Å². The Balaban J connectivity index is 2.40. The second kappa shape index (κ2) is 3.28. The molecule has 0 amide bonds. The van der Waals surface area contributed by atoms with Crippen LogP contribution < -0.4 is 0 Å². The molecule has 1 fully saturated rings. The van der Waals surface area contributed by atoms with Crippen molar-refractivity contribution in [2.24, 2.45) is 11.8 Å². The van der Waals surface area contributed by atoms with Gasteiger partial charge in [-0.25, -0.2) is 8.78 Å². The molecule has 0 radical (unpaired) electrons. The summed E-state index contributed by atoms with van der Waals surface area (Å²) in [6.07, 6.45) is -1.44. The first-order valence-corrected chi connectivity index (χ1v) is 3.57. The van der Waals surface area contributed by atoms with Crippen LogP contribution in [0.1, 0.15) is 13.3 Å². The third kappa shape index (κ3) is 1.66. The van der Waals surface area contributed by atoms with E-state index < -0.39 is 12.3 Å². The summed E-state index contributed by atoms with van der Waals surface area (Å²) in [5.74, 6) is -0.414. The predicted molar refractivity (Wildman–Crippen MR) is 34.1 cm³/mol. The first kappa shape index (κ1) is 7.92. The molecule has 1 saturated heterocycles. The summed E-state index contributed by atoms with van der Waals surface area (Å²) in [7, 11) is 0. The van der Waals surface area contributed by atoms with E-state index in [-0.39, 0.29) is 12.5 Å². The van der Waals surface area contributed by atoms with Gasteiger partial charge in [0, 0.05) is 12.5 Å². The highest BCUT2D eigenvalue weighted by molar-refractivity contribution is 4.71. The van der Waals surface area contributed by atoms with Crippen LogP contribution in [0.15, 0.2) is 0 Å². The Morgan fingerprint density at radius 1 is 1.50 bits per heavy atom. The molecule has 0 aliphatic carbocycles. The van der Waals surface area contributed by atoms with Crippen LogP contribution in [0.25, 0.3) is 0 Å². The zero-order valence-electron chi connectivity index (χ0n) is 6.02. The highest BCUT2D eigenvalue weighted by atomic mass is 19.3. The van der Waals surface area contributed by atoms with Crippen molar-refractivity contribution in [3.05, 3.63) is 0 Å². The van der Waals surface area contributed by atoms with Gasteiger partial charge in [0.2, 0.25) is 6.43 Å². The van der Waals surface area contributed by atoms with Gasteiger partial charge in [-0.2, -0.15) is 0 Å². The van der Waals surface area contributed by atoms with E-state index in [1.807, 2.05) is 6.92 Å². The smallest absolute Gasteiger partial charge is 0.243 e. The molecule has 60 valence electrons. The van der Waals surface area contributed by atoms with Crippen molar-refractivity contribution in [1.82, 2.24) is 0 Å². The maximum absolute atomic E-state index is 12.1. The van der Waals surface area contributed by atoms with Gasteiger partial charge < -0.3 is 4.74 Å². The Labute approximate surface area is 59.4 Å². The number of halogens is 2. The number of alkyl halides is 2. The molecule has 2 atom stereocenters. The van der Waals surface area contributed by atoms with E-state index >= 15 is 0 Å². The minimum atomic E-state index is -2.21. The summed E-state index contributed by atoms with van der Waals surface area (Å²) in [6.45, 7) is 2.74. The molecule has 0 aromatic carbocycles. The van der Waals surface area contributed by atoms with Crippen molar-refractivity contribution in [2.75, 3.05) is 13.2 Å². The Kier molecular flexibility index (Phi) is 2.60. The molecule has 0 aromatic rings. The quantitative estimate of drug-likeness (QED) is 0.555. The van der Waals surface area contributed by atoms with Crippen molar-refractivity contribution < 1.29 is 13.5 Å². The van der Waals surface area contributed by atoms with E-state index in [4.69, 9.17) is 4.74 Å². The predicted octanol–water partition coefficient (Wildman–Crippen LogP) is 1.92. The van der Waals surface area contributed by atoms with Crippen molar-refractivity contribution >= 4 is 0 Å². The van der Waals surface area contributed by atoms with E-state index in [2.05, 4.69) is 0 Å². The molecule has 1 nitrogen and oxygen atoms in total. The van der Waals surface area contributed by atoms with Crippen LogP contribution >= 0.6 is 0 Å². The van der Waals surface area contributed by atoms with Crippen LogP contribution in [0.5, 0.6) is 0 Å². The van der Waals surface area contributed by atoms with Gasteiger partial charge in [0.15, 0.2) is 0 Å². The maximum atomic E-state index is 12.1. The van der Waals surface area contributed by atoms with Crippen LogP contribution in [0.2, 0.25) is 0 Å². The van der Waals surface area contributed by atoms with Crippen LogP contribution in [0.3, 0.4) is 0 Å². The van der Waals surface area contributed by atoms with E-state index in [0.717, 1.165) is 6.42 Å². The van der Waals surface area contributed by atoms with Crippen LogP contribution in [0.4, 0.5) is 8.78 Å². The second-order valence-corrected chi connectivity index (χ2v) is 2.84. The Morgan fingerprint density at radius 3 is 2.60 bits per heavy atom. The Hall–Kier alpha value is -0.180. The van der Waals surface area contributed by atoms with Gasteiger partial charge in [-0.05, 0) is 12.3 Å². The second-order valence-electron chi connectivity index (χ2n) is 2.84. The van der Waals surface area contributed by atoms with Crippen molar-refractivity contribution in [1.29, 1.82) is 0 Å². The van der Waals surface area contributed by atoms with Gasteiger partial charge >= 0.3 is 0 Å².